The smallest absolute Gasteiger partial charge is 0.325 e. The average molecular weight is 296 g/mol. The molecule has 0 heterocycles. The topological polar surface area (TPSA) is 99.0 Å². The first-order valence-electron chi connectivity index (χ1n) is 6.14. The van der Waals surface area contributed by atoms with Crippen LogP contribution in [0.5, 0.6) is 5.75 Å². The van der Waals surface area contributed by atoms with Gasteiger partial charge in [-0.1, -0.05) is 6.07 Å². The van der Waals surface area contributed by atoms with Crippen LogP contribution in [0.25, 0.3) is 0 Å². The van der Waals surface area contributed by atoms with Gasteiger partial charge in [-0.05, 0) is 13.0 Å². The SMILES string of the molecule is CCOc1c(C(=O)N(C)CC(=O)OC)cccc1[N+](=O)[O-]. The quantitative estimate of drug-likeness (QED) is 0.445. The van der Waals surface area contributed by atoms with Gasteiger partial charge >= 0.3 is 11.7 Å². The third-order valence-corrected chi connectivity index (χ3v) is 2.65. The van der Waals surface area contributed by atoms with Crippen LogP contribution >= 0.6 is 0 Å². The Bertz CT molecular complexity index is 558. The molecule has 0 bridgehead atoms. The molecule has 0 spiro atoms. The summed E-state index contributed by atoms with van der Waals surface area (Å²) in [5, 5.41) is 11.0. The molecule has 0 saturated carbocycles. The molecule has 114 valence electrons. The lowest BCUT2D eigenvalue weighted by molar-refractivity contribution is -0.385. The number of esters is 1. The van der Waals surface area contributed by atoms with E-state index in [0.29, 0.717) is 0 Å². The highest BCUT2D eigenvalue weighted by molar-refractivity contribution is 5.99. The highest BCUT2D eigenvalue weighted by Crippen LogP contribution is 2.31. The second-order valence-corrected chi connectivity index (χ2v) is 4.08. The summed E-state index contributed by atoms with van der Waals surface area (Å²) >= 11 is 0. The monoisotopic (exact) mass is 296 g/mol. The molecule has 0 aromatic heterocycles. The van der Waals surface area contributed by atoms with Gasteiger partial charge < -0.3 is 14.4 Å². The summed E-state index contributed by atoms with van der Waals surface area (Å²) in [6.45, 7) is 1.57. The molecule has 0 saturated heterocycles. The van der Waals surface area contributed by atoms with E-state index in [1.54, 1.807) is 6.92 Å². The van der Waals surface area contributed by atoms with Crippen molar-refractivity contribution >= 4 is 17.6 Å². The van der Waals surface area contributed by atoms with Crippen LogP contribution in [0.15, 0.2) is 18.2 Å². The van der Waals surface area contributed by atoms with Gasteiger partial charge in [-0.2, -0.15) is 0 Å². The third kappa shape index (κ3) is 3.91. The van der Waals surface area contributed by atoms with Gasteiger partial charge in [0.25, 0.3) is 5.91 Å². The maximum Gasteiger partial charge on any atom is 0.325 e. The standard InChI is InChI=1S/C13H16N2O6/c1-4-21-12-9(6-5-7-10(12)15(18)19)13(17)14(2)8-11(16)20-3/h5-7H,4,8H2,1-3H3. The Labute approximate surface area is 121 Å². The van der Waals surface area contributed by atoms with E-state index < -0.39 is 16.8 Å². The van der Waals surface area contributed by atoms with Crippen molar-refractivity contribution in [2.45, 2.75) is 6.92 Å². The number of nitro benzene ring substituents is 1. The fourth-order valence-electron chi connectivity index (χ4n) is 1.67. The number of hydrogen-bond acceptors (Lipinski definition) is 6. The summed E-state index contributed by atoms with van der Waals surface area (Å²) in [5.41, 5.74) is -0.272. The molecule has 1 amide bonds. The zero-order valence-electron chi connectivity index (χ0n) is 12.0. The van der Waals surface area contributed by atoms with Crippen molar-refractivity contribution in [2.24, 2.45) is 0 Å². The van der Waals surface area contributed by atoms with Gasteiger partial charge in [0.15, 0.2) is 0 Å². The normalized spacial score (nSPS) is 9.86. The second-order valence-electron chi connectivity index (χ2n) is 4.08. The van der Waals surface area contributed by atoms with Crippen molar-refractivity contribution < 1.29 is 24.0 Å². The molecule has 0 unspecified atom stereocenters. The lowest BCUT2D eigenvalue weighted by Gasteiger charge is -2.17. The summed E-state index contributed by atoms with van der Waals surface area (Å²) in [7, 11) is 2.60. The number of methoxy groups -OCH3 is 1. The molecular formula is C13H16N2O6. The van der Waals surface area contributed by atoms with Crippen molar-refractivity contribution in [3.63, 3.8) is 0 Å². The second kappa shape index (κ2) is 7.22. The van der Waals surface area contributed by atoms with E-state index >= 15 is 0 Å². The number of benzene rings is 1. The Morgan fingerprint density at radius 3 is 2.57 bits per heavy atom. The van der Waals surface area contributed by atoms with E-state index in [1.807, 2.05) is 0 Å². The fraction of sp³-hybridized carbons (Fsp3) is 0.385. The molecule has 0 aliphatic rings. The molecule has 0 N–H and O–H groups in total. The van der Waals surface area contributed by atoms with Crippen molar-refractivity contribution in [1.29, 1.82) is 0 Å². The van der Waals surface area contributed by atoms with Crippen molar-refractivity contribution in [1.82, 2.24) is 4.90 Å². The highest BCUT2D eigenvalue weighted by Gasteiger charge is 2.25. The molecule has 1 aromatic rings. The Morgan fingerprint density at radius 1 is 1.38 bits per heavy atom. The van der Waals surface area contributed by atoms with Gasteiger partial charge in [-0.15, -0.1) is 0 Å². The summed E-state index contributed by atoms with van der Waals surface area (Å²) in [6.07, 6.45) is 0. The lowest BCUT2D eigenvalue weighted by Crippen LogP contribution is -2.33. The first kappa shape index (κ1) is 16.4. The van der Waals surface area contributed by atoms with Gasteiger partial charge in [-0.25, -0.2) is 0 Å². The van der Waals surface area contributed by atoms with Crippen LogP contribution in [0.2, 0.25) is 0 Å². The number of nitro groups is 1. The highest BCUT2D eigenvalue weighted by atomic mass is 16.6. The van der Waals surface area contributed by atoms with Crippen LogP contribution < -0.4 is 4.74 Å². The Hall–Kier alpha value is -2.64. The third-order valence-electron chi connectivity index (χ3n) is 2.65. The molecule has 0 fully saturated rings. The molecule has 8 heteroatoms. The van der Waals surface area contributed by atoms with Crippen molar-refractivity contribution in [2.75, 3.05) is 27.3 Å². The number of rotatable bonds is 6. The molecule has 8 nitrogen and oxygen atoms in total. The van der Waals surface area contributed by atoms with Crippen LogP contribution in [0.4, 0.5) is 5.69 Å². The number of carbonyl (C=O) groups is 2. The Morgan fingerprint density at radius 2 is 2.05 bits per heavy atom. The van der Waals surface area contributed by atoms with Crippen molar-refractivity contribution in [3.8, 4) is 5.75 Å². The molecule has 0 aliphatic carbocycles. The largest absolute Gasteiger partial charge is 0.487 e. The number of carbonyl (C=O) groups excluding carboxylic acids is 2. The van der Waals surface area contributed by atoms with Gasteiger partial charge in [0, 0.05) is 13.1 Å². The summed E-state index contributed by atoms with van der Waals surface area (Å²) in [4.78, 5) is 34.9. The van der Waals surface area contributed by atoms with Crippen LogP contribution in [-0.4, -0.2) is 49.0 Å². The maximum absolute atomic E-state index is 12.3. The van der Waals surface area contributed by atoms with E-state index in [2.05, 4.69) is 4.74 Å². The minimum atomic E-state index is -0.623. The van der Waals surface area contributed by atoms with E-state index in [4.69, 9.17) is 4.74 Å². The predicted molar refractivity (Wildman–Crippen MR) is 73.2 cm³/mol. The number of ether oxygens (including phenoxy) is 2. The Kier molecular flexibility index (Phi) is 5.65. The number of para-hydroxylation sites is 1. The molecule has 0 aliphatic heterocycles. The predicted octanol–water partition coefficient (Wildman–Crippen LogP) is 1.24. The Balaban J connectivity index is 3.16. The summed E-state index contributed by atoms with van der Waals surface area (Å²) in [5.74, 6) is -1.26. The number of likely N-dealkylation sites (N-methyl/N-ethyl adjacent to an activating group) is 1. The van der Waals surface area contributed by atoms with Gasteiger partial charge in [0.05, 0.1) is 24.2 Å². The van der Waals surface area contributed by atoms with Crippen LogP contribution in [0.3, 0.4) is 0 Å². The van der Waals surface area contributed by atoms with E-state index in [1.165, 1.54) is 32.4 Å². The first-order chi connectivity index (χ1) is 9.92. The molecule has 21 heavy (non-hydrogen) atoms. The molecular weight excluding hydrogens is 280 g/mol. The molecule has 0 radical (unpaired) electrons. The average Bonchev–Trinajstić information content (AvgIpc) is 2.46. The van der Waals surface area contributed by atoms with Gasteiger partial charge in [0.1, 0.15) is 6.54 Å². The minimum Gasteiger partial charge on any atom is -0.487 e. The fourth-order valence-corrected chi connectivity index (χ4v) is 1.67. The number of amides is 1. The van der Waals surface area contributed by atoms with Crippen LogP contribution in [-0.2, 0) is 9.53 Å². The number of hydrogen-bond donors (Lipinski definition) is 0. The first-order valence-corrected chi connectivity index (χ1v) is 6.14. The van der Waals surface area contributed by atoms with Crippen molar-refractivity contribution in [3.05, 3.63) is 33.9 Å². The van der Waals surface area contributed by atoms with Crippen LogP contribution in [0.1, 0.15) is 17.3 Å². The van der Waals surface area contributed by atoms with E-state index in [0.717, 1.165) is 4.90 Å². The zero-order chi connectivity index (χ0) is 16.0. The minimum absolute atomic E-state index is 0.0254. The van der Waals surface area contributed by atoms with Gasteiger partial charge in [-0.3, -0.25) is 19.7 Å². The van der Waals surface area contributed by atoms with Gasteiger partial charge in [0.2, 0.25) is 5.75 Å². The molecule has 0 atom stereocenters. The number of nitrogens with zero attached hydrogens (tertiary/aromatic N) is 2. The lowest BCUT2D eigenvalue weighted by atomic mass is 10.1. The maximum atomic E-state index is 12.3. The van der Waals surface area contributed by atoms with Crippen LogP contribution in [0, 0.1) is 10.1 Å². The van der Waals surface area contributed by atoms with E-state index in [9.17, 15) is 19.7 Å². The van der Waals surface area contributed by atoms with E-state index in [-0.39, 0.29) is 30.2 Å². The zero-order valence-corrected chi connectivity index (χ0v) is 12.0. The molecule has 1 rings (SSSR count). The molecule has 1 aromatic carbocycles. The summed E-state index contributed by atoms with van der Waals surface area (Å²) < 4.78 is 9.70. The summed E-state index contributed by atoms with van der Waals surface area (Å²) in [6, 6.07) is 4.05.